The van der Waals surface area contributed by atoms with E-state index in [1.807, 2.05) is 60.7 Å². The maximum atomic E-state index is 9.63. The first-order valence-electron chi connectivity index (χ1n) is 13.6. The van der Waals surface area contributed by atoms with Crippen molar-refractivity contribution in [3.05, 3.63) is 149 Å². The molecule has 5 aromatic rings. The van der Waals surface area contributed by atoms with Gasteiger partial charge in [-0.15, -0.1) is 0 Å². The molecular formula is C37H36O3. The molecule has 0 fully saturated rings. The van der Waals surface area contributed by atoms with Crippen LogP contribution in [0.3, 0.4) is 0 Å². The van der Waals surface area contributed by atoms with Crippen LogP contribution in [0.25, 0.3) is 0 Å². The number of benzene rings is 5. The maximum absolute atomic E-state index is 9.63. The highest BCUT2D eigenvalue weighted by molar-refractivity contribution is 5.45. The summed E-state index contributed by atoms with van der Waals surface area (Å²) in [5.74, 6) is 3.23. The Labute approximate surface area is 237 Å². The van der Waals surface area contributed by atoms with Crippen LogP contribution in [0, 0.1) is 6.92 Å². The standard InChI is InChI=1S/C37H36O3/c1-26-9-11-27(12-10-26)36(2,3)29-15-21-32(22-16-29)39-34-7-6-8-35(25-34)40-33-23-17-30(18-24-33)37(4,5)28-13-19-31(38)20-14-28/h6-25,38H,1-5H3. The van der Waals surface area contributed by atoms with Crippen molar-refractivity contribution in [1.82, 2.24) is 0 Å². The van der Waals surface area contributed by atoms with Gasteiger partial charge in [-0.3, -0.25) is 0 Å². The molecule has 0 atom stereocenters. The van der Waals surface area contributed by atoms with Crippen LogP contribution in [0.15, 0.2) is 121 Å². The van der Waals surface area contributed by atoms with Crippen LogP contribution in [0.5, 0.6) is 28.7 Å². The van der Waals surface area contributed by atoms with E-state index in [2.05, 4.69) is 83.1 Å². The molecule has 5 aromatic carbocycles. The maximum Gasteiger partial charge on any atom is 0.131 e. The van der Waals surface area contributed by atoms with Crippen molar-refractivity contribution in [1.29, 1.82) is 0 Å². The zero-order valence-electron chi connectivity index (χ0n) is 23.8. The van der Waals surface area contributed by atoms with Gasteiger partial charge in [0.25, 0.3) is 0 Å². The third-order valence-electron chi connectivity index (χ3n) is 7.79. The summed E-state index contributed by atoms with van der Waals surface area (Å²) in [6.45, 7) is 10.9. The largest absolute Gasteiger partial charge is 0.508 e. The number of phenolic OH excluding ortho intramolecular Hbond substituents is 1. The van der Waals surface area contributed by atoms with Gasteiger partial charge in [0.1, 0.15) is 28.7 Å². The quantitative estimate of drug-likeness (QED) is 0.218. The zero-order valence-corrected chi connectivity index (χ0v) is 23.8. The van der Waals surface area contributed by atoms with Crippen LogP contribution < -0.4 is 9.47 Å². The molecule has 0 spiro atoms. The Morgan fingerprint density at radius 3 is 1.20 bits per heavy atom. The van der Waals surface area contributed by atoms with Crippen LogP contribution in [0.4, 0.5) is 0 Å². The first-order chi connectivity index (χ1) is 19.1. The molecule has 5 rings (SSSR count). The van der Waals surface area contributed by atoms with Gasteiger partial charge in [0, 0.05) is 16.9 Å². The lowest BCUT2D eigenvalue weighted by molar-refractivity contribution is 0.459. The third kappa shape index (κ3) is 5.89. The monoisotopic (exact) mass is 528 g/mol. The van der Waals surface area contributed by atoms with Crippen LogP contribution in [-0.4, -0.2) is 5.11 Å². The normalized spacial score (nSPS) is 11.7. The Bertz CT molecular complexity index is 1440. The van der Waals surface area contributed by atoms with E-state index >= 15 is 0 Å². The van der Waals surface area contributed by atoms with E-state index < -0.39 is 0 Å². The Kier molecular flexibility index (Phi) is 7.40. The summed E-state index contributed by atoms with van der Waals surface area (Å²) >= 11 is 0. The predicted octanol–water partition coefficient (Wildman–Crippen LogP) is 9.94. The van der Waals surface area contributed by atoms with Gasteiger partial charge < -0.3 is 14.6 Å². The topological polar surface area (TPSA) is 38.7 Å². The summed E-state index contributed by atoms with van der Waals surface area (Å²) in [4.78, 5) is 0. The summed E-state index contributed by atoms with van der Waals surface area (Å²) in [6, 6.07) is 40.3. The van der Waals surface area contributed by atoms with E-state index in [0.717, 1.165) is 22.6 Å². The SMILES string of the molecule is Cc1ccc(C(C)(C)c2ccc(Oc3cccc(Oc4ccc(C(C)(C)c5ccc(O)cc5)cc4)c3)cc2)cc1. The lowest BCUT2D eigenvalue weighted by atomic mass is 9.78. The minimum absolute atomic E-state index is 0.102. The fraction of sp³-hybridized carbons (Fsp3) is 0.189. The molecule has 0 heterocycles. The number of ether oxygens (including phenoxy) is 2. The number of rotatable bonds is 8. The lowest BCUT2D eigenvalue weighted by Crippen LogP contribution is -2.18. The third-order valence-corrected chi connectivity index (χ3v) is 7.79. The first-order valence-corrected chi connectivity index (χ1v) is 13.6. The molecule has 0 aliphatic heterocycles. The predicted molar refractivity (Wildman–Crippen MR) is 163 cm³/mol. The molecule has 0 saturated carbocycles. The molecule has 40 heavy (non-hydrogen) atoms. The molecule has 0 amide bonds. The summed E-state index contributed by atoms with van der Waals surface area (Å²) in [6.07, 6.45) is 0. The number of phenols is 1. The van der Waals surface area contributed by atoms with Gasteiger partial charge >= 0.3 is 0 Å². The van der Waals surface area contributed by atoms with Crippen molar-refractivity contribution >= 4 is 0 Å². The zero-order chi connectivity index (χ0) is 28.3. The summed E-state index contributed by atoms with van der Waals surface area (Å²) in [5.41, 5.74) is 5.78. The van der Waals surface area contributed by atoms with Crippen LogP contribution >= 0.6 is 0 Å². The minimum atomic E-state index is -0.203. The Hall–Kier alpha value is -4.50. The number of aryl methyl sites for hydroxylation is 1. The van der Waals surface area contributed by atoms with Gasteiger partial charge in [0.15, 0.2) is 0 Å². The number of aromatic hydroxyl groups is 1. The molecule has 0 aromatic heterocycles. The lowest BCUT2D eigenvalue weighted by Gasteiger charge is -2.26. The Morgan fingerprint density at radius 1 is 0.450 bits per heavy atom. The highest BCUT2D eigenvalue weighted by Crippen LogP contribution is 2.36. The Balaban J connectivity index is 1.26. The molecule has 0 bridgehead atoms. The summed E-state index contributed by atoms with van der Waals surface area (Å²) in [7, 11) is 0. The molecule has 0 aliphatic carbocycles. The Morgan fingerprint density at radius 2 is 0.800 bits per heavy atom. The molecule has 1 N–H and O–H groups in total. The number of hydrogen-bond donors (Lipinski definition) is 1. The van der Waals surface area contributed by atoms with Gasteiger partial charge in [-0.05, 0) is 77.7 Å². The smallest absolute Gasteiger partial charge is 0.131 e. The van der Waals surface area contributed by atoms with Crippen molar-refractivity contribution < 1.29 is 14.6 Å². The van der Waals surface area contributed by atoms with Crippen LogP contribution in [0.1, 0.15) is 55.5 Å². The second kappa shape index (κ2) is 10.9. The van der Waals surface area contributed by atoms with Gasteiger partial charge in [0.2, 0.25) is 0 Å². The second-order valence-corrected chi connectivity index (χ2v) is 11.4. The van der Waals surface area contributed by atoms with Crippen molar-refractivity contribution in [2.45, 2.75) is 45.4 Å². The van der Waals surface area contributed by atoms with E-state index in [0.29, 0.717) is 11.5 Å². The van der Waals surface area contributed by atoms with Gasteiger partial charge in [0.05, 0.1) is 0 Å². The molecule has 0 radical (unpaired) electrons. The fourth-order valence-corrected chi connectivity index (χ4v) is 4.93. The van der Waals surface area contributed by atoms with E-state index in [4.69, 9.17) is 9.47 Å². The molecule has 3 nitrogen and oxygen atoms in total. The first kappa shape index (κ1) is 27.1. The molecule has 0 saturated heterocycles. The van der Waals surface area contributed by atoms with E-state index in [-0.39, 0.29) is 16.6 Å². The average Bonchev–Trinajstić information content (AvgIpc) is 2.94. The summed E-state index contributed by atoms with van der Waals surface area (Å²) < 4.78 is 12.3. The number of hydrogen-bond acceptors (Lipinski definition) is 3. The summed E-state index contributed by atoms with van der Waals surface area (Å²) in [5, 5.41) is 9.63. The van der Waals surface area contributed by atoms with Gasteiger partial charge in [-0.25, -0.2) is 0 Å². The van der Waals surface area contributed by atoms with Crippen molar-refractivity contribution in [3.63, 3.8) is 0 Å². The molecule has 202 valence electrons. The van der Waals surface area contributed by atoms with Crippen LogP contribution in [-0.2, 0) is 10.8 Å². The fourth-order valence-electron chi connectivity index (χ4n) is 4.93. The van der Waals surface area contributed by atoms with Gasteiger partial charge in [-0.2, -0.15) is 0 Å². The molecule has 0 unspecified atom stereocenters. The van der Waals surface area contributed by atoms with Crippen molar-refractivity contribution in [2.24, 2.45) is 0 Å². The van der Waals surface area contributed by atoms with E-state index in [1.165, 1.54) is 16.7 Å². The van der Waals surface area contributed by atoms with Gasteiger partial charge in [-0.1, -0.05) is 100.0 Å². The average molecular weight is 529 g/mol. The van der Waals surface area contributed by atoms with E-state index in [1.54, 1.807) is 12.1 Å². The minimum Gasteiger partial charge on any atom is -0.508 e. The van der Waals surface area contributed by atoms with Crippen LogP contribution in [0.2, 0.25) is 0 Å². The molecule has 3 heteroatoms. The van der Waals surface area contributed by atoms with Crippen molar-refractivity contribution in [2.75, 3.05) is 0 Å². The van der Waals surface area contributed by atoms with E-state index in [9.17, 15) is 5.11 Å². The molecule has 0 aliphatic rings. The second-order valence-electron chi connectivity index (χ2n) is 11.4. The molecular weight excluding hydrogens is 492 g/mol. The highest BCUT2D eigenvalue weighted by Gasteiger charge is 2.24. The van der Waals surface area contributed by atoms with Crippen molar-refractivity contribution in [3.8, 4) is 28.7 Å². The highest BCUT2D eigenvalue weighted by atomic mass is 16.5.